The van der Waals surface area contributed by atoms with Gasteiger partial charge >= 0.3 is 0 Å². The molecule has 1 saturated heterocycles. The van der Waals surface area contributed by atoms with E-state index in [1.54, 1.807) is 72.9 Å². The third-order valence-corrected chi connectivity index (χ3v) is 7.51. The number of hydrogen-bond donors (Lipinski definition) is 2. The normalized spacial score (nSPS) is 16.1. The van der Waals surface area contributed by atoms with Crippen LogP contribution in [0, 0.1) is 5.92 Å². The molecule has 0 aliphatic carbocycles. The maximum absolute atomic E-state index is 12.8. The van der Waals surface area contributed by atoms with Crippen LogP contribution in [0.1, 0.15) is 28.8 Å². The summed E-state index contributed by atoms with van der Waals surface area (Å²) < 4.78 is 25.3. The number of pyridine rings is 1. The van der Waals surface area contributed by atoms with Crippen LogP contribution in [0.5, 0.6) is 0 Å². The highest BCUT2D eigenvalue weighted by Crippen LogP contribution is 2.23. The zero-order chi connectivity index (χ0) is 24.1. The lowest BCUT2D eigenvalue weighted by molar-refractivity contribution is -0.122. The predicted octanol–water partition coefficient (Wildman–Crippen LogP) is 3.01. The van der Waals surface area contributed by atoms with Crippen molar-refractivity contribution in [3.63, 3.8) is 0 Å². The minimum Gasteiger partial charge on any atom is -0.369 e. The Morgan fingerprint density at radius 1 is 1.06 bits per heavy atom. The molecule has 2 amide bonds. The molecular formula is C25H26N4O4S. The molecule has 0 saturated carbocycles. The summed E-state index contributed by atoms with van der Waals surface area (Å²) >= 11 is 0. The molecule has 4 rings (SSSR count). The Morgan fingerprint density at radius 2 is 1.85 bits per heavy atom. The van der Waals surface area contributed by atoms with E-state index in [-0.39, 0.29) is 28.4 Å². The van der Waals surface area contributed by atoms with E-state index in [9.17, 15) is 18.0 Å². The first-order valence-electron chi connectivity index (χ1n) is 11.0. The molecule has 3 aromatic rings. The van der Waals surface area contributed by atoms with E-state index in [2.05, 4.69) is 10.3 Å². The van der Waals surface area contributed by atoms with E-state index in [4.69, 9.17) is 5.73 Å². The van der Waals surface area contributed by atoms with Gasteiger partial charge < -0.3 is 16.0 Å². The van der Waals surface area contributed by atoms with Crippen molar-refractivity contribution in [1.82, 2.24) is 4.98 Å². The number of piperidine rings is 1. The van der Waals surface area contributed by atoms with Crippen molar-refractivity contribution < 1.29 is 18.0 Å². The predicted molar refractivity (Wildman–Crippen MR) is 130 cm³/mol. The fourth-order valence-corrected chi connectivity index (χ4v) is 5.36. The summed E-state index contributed by atoms with van der Waals surface area (Å²) in [6.07, 6.45) is 3.21. The van der Waals surface area contributed by atoms with Gasteiger partial charge in [0.15, 0.2) is 9.84 Å². The average molecular weight is 479 g/mol. The van der Waals surface area contributed by atoms with Crippen LogP contribution in [0.2, 0.25) is 0 Å². The Labute approximate surface area is 198 Å². The van der Waals surface area contributed by atoms with Crippen LogP contribution in [0.4, 0.5) is 11.5 Å². The maximum Gasteiger partial charge on any atom is 0.255 e. The van der Waals surface area contributed by atoms with E-state index < -0.39 is 9.84 Å². The third kappa shape index (κ3) is 5.60. The molecule has 0 bridgehead atoms. The number of nitrogens with two attached hydrogens (primary N) is 1. The van der Waals surface area contributed by atoms with E-state index in [1.165, 1.54) is 0 Å². The van der Waals surface area contributed by atoms with Gasteiger partial charge in [-0.3, -0.25) is 9.59 Å². The van der Waals surface area contributed by atoms with Crippen molar-refractivity contribution in [2.45, 2.75) is 23.5 Å². The molecule has 8 nitrogen and oxygen atoms in total. The second-order valence-electron chi connectivity index (χ2n) is 8.32. The van der Waals surface area contributed by atoms with E-state index in [0.717, 1.165) is 25.2 Å². The Morgan fingerprint density at radius 3 is 2.56 bits per heavy atom. The third-order valence-electron chi connectivity index (χ3n) is 5.80. The number of primary amides is 1. The number of amides is 2. The molecule has 34 heavy (non-hydrogen) atoms. The average Bonchev–Trinajstić information content (AvgIpc) is 2.85. The lowest BCUT2D eigenvalue weighted by Gasteiger charge is -2.32. The summed E-state index contributed by atoms with van der Waals surface area (Å²) in [5, 5.41) is 2.79. The number of aromatic nitrogens is 1. The molecular weight excluding hydrogens is 452 g/mol. The van der Waals surface area contributed by atoms with Crippen LogP contribution in [0.25, 0.3) is 0 Å². The summed E-state index contributed by atoms with van der Waals surface area (Å²) in [7, 11) is -3.51. The number of sulfone groups is 1. The molecule has 9 heteroatoms. The highest BCUT2D eigenvalue weighted by Gasteiger charge is 2.24. The van der Waals surface area contributed by atoms with E-state index in [0.29, 0.717) is 23.4 Å². The Balaban J connectivity index is 1.42. The molecule has 176 valence electrons. The molecule has 0 spiro atoms. The lowest BCUT2D eigenvalue weighted by atomic mass is 9.97. The second kappa shape index (κ2) is 10.0. The van der Waals surface area contributed by atoms with Gasteiger partial charge in [-0.1, -0.05) is 30.3 Å². The molecule has 1 aliphatic rings. The zero-order valence-electron chi connectivity index (χ0n) is 18.6. The van der Waals surface area contributed by atoms with Gasteiger partial charge in [-0.05, 0) is 54.8 Å². The number of nitrogens with one attached hydrogen (secondary N) is 1. The maximum atomic E-state index is 12.8. The molecule has 0 radical (unpaired) electrons. The van der Waals surface area contributed by atoms with Gasteiger partial charge in [0.1, 0.15) is 5.82 Å². The summed E-state index contributed by atoms with van der Waals surface area (Å²) in [6.45, 7) is 1.33. The highest BCUT2D eigenvalue weighted by molar-refractivity contribution is 7.90. The largest absolute Gasteiger partial charge is 0.369 e. The van der Waals surface area contributed by atoms with Crippen LogP contribution >= 0.6 is 0 Å². The molecule has 1 aromatic heterocycles. The quantitative estimate of drug-likeness (QED) is 0.538. The van der Waals surface area contributed by atoms with E-state index in [1.807, 2.05) is 4.90 Å². The first-order chi connectivity index (χ1) is 16.3. The summed E-state index contributed by atoms with van der Waals surface area (Å²) in [6, 6.07) is 18.3. The van der Waals surface area contributed by atoms with Crippen LogP contribution < -0.4 is 16.0 Å². The number of hydrogen-bond acceptors (Lipinski definition) is 6. The van der Waals surface area contributed by atoms with Crippen LogP contribution in [-0.2, 0) is 20.4 Å². The summed E-state index contributed by atoms with van der Waals surface area (Å²) in [5.41, 5.74) is 6.84. The monoisotopic (exact) mass is 478 g/mol. The fraction of sp³-hybridized carbons (Fsp3) is 0.240. The fourth-order valence-electron chi connectivity index (χ4n) is 4.00. The van der Waals surface area contributed by atoms with Crippen molar-refractivity contribution in [2.24, 2.45) is 11.7 Å². The van der Waals surface area contributed by atoms with Crippen LogP contribution in [0.15, 0.2) is 77.8 Å². The molecule has 1 fully saturated rings. The Kier molecular flexibility index (Phi) is 6.93. The molecule has 3 N–H and O–H groups in total. The molecule has 2 heterocycles. The van der Waals surface area contributed by atoms with Crippen molar-refractivity contribution in [3.05, 3.63) is 84.1 Å². The summed E-state index contributed by atoms with van der Waals surface area (Å²) in [5.74, 6) is -0.325. The van der Waals surface area contributed by atoms with Gasteiger partial charge in [-0.25, -0.2) is 13.4 Å². The molecule has 1 aliphatic heterocycles. The number of anilines is 2. The van der Waals surface area contributed by atoms with Crippen molar-refractivity contribution in [3.8, 4) is 0 Å². The van der Waals surface area contributed by atoms with Crippen molar-refractivity contribution in [2.75, 3.05) is 23.3 Å². The Hall–Kier alpha value is -3.72. The minimum atomic E-state index is -3.51. The lowest BCUT2D eigenvalue weighted by Crippen LogP contribution is -2.41. The first-order valence-corrected chi connectivity index (χ1v) is 12.7. The molecule has 2 aromatic carbocycles. The highest BCUT2D eigenvalue weighted by atomic mass is 32.2. The van der Waals surface area contributed by atoms with Gasteiger partial charge in [-0.15, -0.1) is 0 Å². The van der Waals surface area contributed by atoms with Crippen LogP contribution in [-0.4, -0.2) is 38.3 Å². The topological polar surface area (TPSA) is 122 Å². The Bertz CT molecular complexity index is 1280. The van der Waals surface area contributed by atoms with Gasteiger partial charge in [0.2, 0.25) is 5.91 Å². The second-order valence-corrected chi connectivity index (χ2v) is 10.3. The molecule has 1 atom stereocenters. The van der Waals surface area contributed by atoms with Crippen molar-refractivity contribution >= 4 is 33.2 Å². The minimum absolute atomic E-state index is 0.187. The van der Waals surface area contributed by atoms with Gasteiger partial charge in [0.25, 0.3) is 5.91 Å². The summed E-state index contributed by atoms with van der Waals surface area (Å²) in [4.78, 5) is 30.9. The number of carbonyl (C=O) groups excluding carboxylic acids is 2. The van der Waals surface area contributed by atoms with Crippen molar-refractivity contribution in [1.29, 1.82) is 0 Å². The number of carbonyl (C=O) groups is 2. The molecule has 1 unspecified atom stereocenters. The van der Waals surface area contributed by atoms with Gasteiger partial charge in [0.05, 0.1) is 28.5 Å². The van der Waals surface area contributed by atoms with Gasteiger partial charge in [0, 0.05) is 18.7 Å². The van der Waals surface area contributed by atoms with Crippen LogP contribution in [0.3, 0.4) is 0 Å². The SMILES string of the molecule is NC(=O)C1CCCN(c2ccc(NC(=O)c3cccc(CS(=O)(=O)c4ccccc4)c3)cn2)C1. The standard InChI is InChI=1S/C25H26N4O4S/c26-24(30)20-8-5-13-29(16-20)23-12-11-21(15-27-23)28-25(31)19-7-4-6-18(14-19)17-34(32,33)22-9-2-1-3-10-22/h1-4,6-7,9-12,14-15,20H,5,8,13,16-17H2,(H2,26,30)(H,28,31). The first kappa shape index (κ1) is 23.4. The van der Waals surface area contributed by atoms with E-state index >= 15 is 0 Å². The van der Waals surface area contributed by atoms with Gasteiger partial charge in [-0.2, -0.15) is 0 Å². The number of rotatable bonds is 7. The zero-order valence-corrected chi connectivity index (χ0v) is 19.4. The number of nitrogens with zero attached hydrogens (tertiary/aromatic N) is 2. The smallest absolute Gasteiger partial charge is 0.255 e. The number of benzene rings is 2.